The van der Waals surface area contributed by atoms with Crippen molar-refractivity contribution >= 4 is 27.3 Å². The van der Waals surface area contributed by atoms with E-state index in [1.165, 1.54) is 12.1 Å². The number of benzene rings is 2. The predicted octanol–water partition coefficient (Wildman–Crippen LogP) is 2.96. The number of para-hydroxylation sites is 1. The molecule has 1 unspecified atom stereocenters. The Hall–Kier alpha value is -1.56. The summed E-state index contributed by atoms with van der Waals surface area (Å²) in [4.78, 5) is 0.0584. The zero-order valence-corrected chi connectivity index (χ0v) is 12.4. The number of hydrogen-bond donors (Lipinski definition) is 2. The number of halogens is 1. The summed E-state index contributed by atoms with van der Waals surface area (Å²) >= 11 is 5.93. The van der Waals surface area contributed by atoms with E-state index >= 15 is 0 Å². The molecule has 2 aromatic rings. The molecule has 0 amide bonds. The van der Waals surface area contributed by atoms with Gasteiger partial charge in [-0.3, -0.25) is 0 Å². The first kappa shape index (κ1) is 14.8. The van der Waals surface area contributed by atoms with Gasteiger partial charge in [0.1, 0.15) is 4.90 Å². The van der Waals surface area contributed by atoms with Crippen LogP contribution in [0.5, 0.6) is 0 Å². The molecule has 106 valence electrons. The first-order valence-corrected chi connectivity index (χ1v) is 7.89. The molecule has 2 aromatic carbocycles. The van der Waals surface area contributed by atoms with E-state index in [2.05, 4.69) is 4.72 Å². The van der Waals surface area contributed by atoms with E-state index in [4.69, 9.17) is 17.3 Å². The Balaban J connectivity index is 2.30. The van der Waals surface area contributed by atoms with Crippen LogP contribution in [0, 0.1) is 0 Å². The van der Waals surface area contributed by atoms with Gasteiger partial charge < -0.3 is 5.73 Å². The summed E-state index contributed by atoms with van der Waals surface area (Å²) < 4.78 is 27.2. The van der Waals surface area contributed by atoms with Crippen LogP contribution in [0.2, 0.25) is 5.02 Å². The van der Waals surface area contributed by atoms with Crippen molar-refractivity contribution in [1.82, 2.24) is 4.72 Å². The predicted molar refractivity (Wildman–Crippen MR) is 81.0 cm³/mol. The van der Waals surface area contributed by atoms with Gasteiger partial charge in [-0.15, -0.1) is 0 Å². The largest absolute Gasteiger partial charge is 0.398 e. The minimum absolute atomic E-state index is 0.0584. The van der Waals surface area contributed by atoms with Crippen molar-refractivity contribution in [3.8, 4) is 0 Å². The Bertz CT molecular complexity index is 717. The van der Waals surface area contributed by atoms with Crippen molar-refractivity contribution < 1.29 is 8.42 Å². The standard InChI is InChI=1S/C14H15ClN2O2S/c1-10(11-6-2-4-8-13(11)16)17-20(18,19)14-9-5-3-7-12(14)15/h2-10,17H,16H2,1H3. The van der Waals surface area contributed by atoms with Crippen LogP contribution in [0.4, 0.5) is 5.69 Å². The molecule has 4 nitrogen and oxygen atoms in total. The molecule has 0 aliphatic heterocycles. The van der Waals surface area contributed by atoms with Crippen molar-refractivity contribution in [3.63, 3.8) is 0 Å². The first-order valence-electron chi connectivity index (χ1n) is 6.03. The average Bonchev–Trinajstić information content (AvgIpc) is 2.38. The fraction of sp³-hybridized carbons (Fsp3) is 0.143. The van der Waals surface area contributed by atoms with Gasteiger partial charge in [0.15, 0.2) is 0 Å². The number of rotatable bonds is 4. The van der Waals surface area contributed by atoms with Gasteiger partial charge in [-0.05, 0) is 30.7 Å². The van der Waals surface area contributed by atoms with Crippen molar-refractivity contribution in [2.75, 3.05) is 5.73 Å². The van der Waals surface area contributed by atoms with Gasteiger partial charge in [0, 0.05) is 11.7 Å². The van der Waals surface area contributed by atoms with E-state index in [1.54, 1.807) is 37.3 Å². The van der Waals surface area contributed by atoms with Crippen LogP contribution in [0.1, 0.15) is 18.5 Å². The summed E-state index contributed by atoms with van der Waals surface area (Å²) in [6.07, 6.45) is 0. The summed E-state index contributed by atoms with van der Waals surface area (Å²) in [5, 5.41) is 0.188. The molecule has 2 rings (SSSR count). The SMILES string of the molecule is CC(NS(=O)(=O)c1ccccc1Cl)c1ccccc1N. The fourth-order valence-electron chi connectivity index (χ4n) is 1.93. The first-order chi connectivity index (χ1) is 9.42. The lowest BCUT2D eigenvalue weighted by atomic mass is 10.1. The summed E-state index contributed by atoms with van der Waals surface area (Å²) in [6.45, 7) is 1.74. The zero-order chi connectivity index (χ0) is 14.8. The highest BCUT2D eigenvalue weighted by molar-refractivity contribution is 7.89. The third kappa shape index (κ3) is 3.12. The van der Waals surface area contributed by atoms with Crippen LogP contribution in [0.3, 0.4) is 0 Å². The molecular weight excluding hydrogens is 296 g/mol. The van der Waals surface area contributed by atoms with Crippen molar-refractivity contribution in [3.05, 3.63) is 59.1 Å². The molecule has 0 heterocycles. The summed E-state index contributed by atoms with van der Waals surface area (Å²) in [7, 11) is -3.69. The molecule has 3 N–H and O–H groups in total. The summed E-state index contributed by atoms with van der Waals surface area (Å²) in [5.41, 5.74) is 7.12. The molecule has 0 spiro atoms. The molecule has 0 aliphatic carbocycles. The number of anilines is 1. The molecule has 0 saturated heterocycles. The fourth-order valence-corrected chi connectivity index (χ4v) is 3.67. The molecule has 6 heteroatoms. The van der Waals surface area contributed by atoms with Crippen LogP contribution in [0.25, 0.3) is 0 Å². The van der Waals surface area contributed by atoms with Crippen LogP contribution in [0.15, 0.2) is 53.4 Å². The van der Waals surface area contributed by atoms with Gasteiger partial charge in [-0.1, -0.05) is 41.9 Å². The normalized spacial score (nSPS) is 13.1. The number of hydrogen-bond acceptors (Lipinski definition) is 3. The maximum atomic E-state index is 12.3. The van der Waals surface area contributed by atoms with E-state index in [0.717, 1.165) is 5.56 Å². The van der Waals surface area contributed by atoms with Crippen LogP contribution < -0.4 is 10.5 Å². The van der Waals surface area contributed by atoms with Crippen molar-refractivity contribution in [2.45, 2.75) is 17.9 Å². The number of nitrogens with one attached hydrogen (secondary N) is 1. The van der Waals surface area contributed by atoms with Gasteiger partial charge in [-0.25, -0.2) is 13.1 Å². The molecular formula is C14H15ClN2O2S. The van der Waals surface area contributed by atoms with E-state index in [1.807, 2.05) is 6.07 Å². The monoisotopic (exact) mass is 310 g/mol. The van der Waals surface area contributed by atoms with E-state index in [9.17, 15) is 8.42 Å². The third-order valence-corrected chi connectivity index (χ3v) is 4.96. The Morgan fingerprint density at radius 3 is 2.35 bits per heavy atom. The Morgan fingerprint density at radius 2 is 1.70 bits per heavy atom. The quantitative estimate of drug-likeness (QED) is 0.853. The second-order valence-corrected chi connectivity index (χ2v) is 6.49. The lowest BCUT2D eigenvalue weighted by Gasteiger charge is -2.16. The topological polar surface area (TPSA) is 72.2 Å². The number of sulfonamides is 1. The lowest BCUT2D eigenvalue weighted by molar-refractivity contribution is 0.567. The van der Waals surface area contributed by atoms with Gasteiger partial charge in [-0.2, -0.15) is 0 Å². The summed E-state index contributed by atoms with van der Waals surface area (Å²) in [5.74, 6) is 0. The smallest absolute Gasteiger partial charge is 0.242 e. The second kappa shape index (κ2) is 5.83. The molecule has 1 atom stereocenters. The van der Waals surface area contributed by atoms with E-state index in [-0.39, 0.29) is 9.92 Å². The lowest BCUT2D eigenvalue weighted by Crippen LogP contribution is -2.27. The highest BCUT2D eigenvalue weighted by Gasteiger charge is 2.21. The van der Waals surface area contributed by atoms with Crippen molar-refractivity contribution in [1.29, 1.82) is 0 Å². The van der Waals surface area contributed by atoms with Gasteiger partial charge in [0.05, 0.1) is 5.02 Å². The Morgan fingerprint density at radius 1 is 1.10 bits per heavy atom. The average molecular weight is 311 g/mol. The van der Waals surface area contributed by atoms with Gasteiger partial charge in [0.2, 0.25) is 10.0 Å². The second-order valence-electron chi connectivity index (χ2n) is 4.40. The minimum atomic E-state index is -3.69. The number of nitrogens with two attached hydrogens (primary N) is 1. The molecule has 0 fully saturated rings. The minimum Gasteiger partial charge on any atom is -0.398 e. The third-order valence-electron chi connectivity index (χ3n) is 2.92. The number of nitrogen functional groups attached to an aromatic ring is 1. The van der Waals surface area contributed by atoms with Gasteiger partial charge in [0.25, 0.3) is 0 Å². The Kier molecular flexibility index (Phi) is 4.32. The van der Waals surface area contributed by atoms with Crippen molar-refractivity contribution in [2.24, 2.45) is 0 Å². The molecule has 0 bridgehead atoms. The molecule has 0 saturated carbocycles. The maximum Gasteiger partial charge on any atom is 0.242 e. The van der Waals surface area contributed by atoms with E-state index in [0.29, 0.717) is 5.69 Å². The Labute approximate surface area is 123 Å². The highest BCUT2D eigenvalue weighted by Crippen LogP contribution is 2.25. The maximum absolute atomic E-state index is 12.3. The van der Waals surface area contributed by atoms with Gasteiger partial charge >= 0.3 is 0 Å². The summed E-state index contributed by atoms with van der Waals surface area (Å²) in [6, 6.07) is 13.0. The molecule has 20 heavy (non-hydrogen) atoms. The van der Waals surface area contributed by atoms with Crippen LogP contribution in [-0.2, 0) is 10.0 Å². The van der Waals surface area contributed by atoms with E-state index < -0.39 is 16.1 Å². The molecule has 0 aromatic heterocycles. The zero-order valence-electron chi connectivity index (χ0n) is 10.9. The van der Waals surface area contributed by atoms with Crippen LogP contribution in [-0.4, -0.2) is 8.42 Å². The molecule has 0 radical (unpaired) electrons. The highest BCUT2D eigenvalue weighted by atomic mass is 35.5. The van der Waals surface area contributed by atoms with Crippen LogP contribution >= 0.6 is 11.6 Å². The molecule has 0 aliphatic rings.